The normalized spacial score (nSPS) is 14.0. The number of carbonyl (C=O) groups excluding carboxylic acids is 3. The minimum Gasteiger partial charge on any atom is -0.497 e. The van der Waals surface area contributed by atoms with E-state index >= 15 is 0 Å². The molecule has 0 aromatic heterocycles. The maximum Gasteiger partial charge on any atom is 0.466 e. The molecule has 6 rings (SSSR count). The maximum atomic E-state index is 12.0. The Kier molecular flexibility index (Phi) is 17.5. The number of nitrogens with zero attached hydrogens (tertiary/aromatic N) is 6. The van der Waals surface area contributed by atoms with E-state index in [1.54, 1.807) is 39.5 Å². The lowest BCUT2D eigenvalue weighted by Gasteiger charge is -2.17. The minimum atomic E-state index is -4.64. The quantitative estimate of drug-likeness (QED) is 0.179. The lowest BCUT2D eigenvalue weighted by atomic mass is 10.1. The van der Waals surface area contributed by atoms with Crippen LogP contribution >= 0.6 is 7.82 Å². The van der Waals surface area contributed by atoms with Crippen LogP contribution in [-0.4, -0.2) is 144 Å². The molecule has 0 unspecified atom stereocenters. The number of carbonyl (C=O) groups is 3. The molecule has 3 heterocycles. The van der Waals surface area contributed by atoms with Crippen LogP contribution in [0.1, 0.15) is 31.1 Å². The molecule has 3 aliphatic rings. The smallest absolute Gasteiger partial charge is 0.466 e. The third-order valence-electron chi connectivity index (χ3n) is 8.03. The van der Waals surface area contributed by atoms with Gasteiger partial charge in [-0.1, -0.05) is 36.4 Å². The van der Waals surface area contributed by atoms with Crippen molar-refractivity contribution in [3.05, 3.63) is 127 Å². The summed E-state index contributed by atoms with van der Waals surface area (Å²) < 4.78 is 24.2. The van der Waals surface area contributed by atoms with Crippen molar-refractivity contribution >= 4 is 25.2 Å². The van der Waals surface area contributed by atoms with Crippen LogP contribution in [0.25, 0.3) is 0 Å². The molecule has 3 N–H and O–H groups in total. The van der Waals surface area contributed by atoms with Gasteiger partial charge in [0.2, 0.25) is 0 Å². The average Bonchev–Trinajstić information content (AvgIpc) is 3.91. The second-order valence-corrected chi connectivity index (χ2v) is 13.8. The van der Waals surface area contributed by atoms with E-state index < -0.39 is 7.82 Å². The zero-order valence-electron chi connectivity index (χ0n) is 32.5. The van der Waals surface area contributed by atoms with Crippen LogP contribution in [-0.2, 0) is 4.57 Å². The minimum absolute atomic E-state index is 0.101. The number of Topliss-reactive ketones (excluding diaryl/α,β-unsaturated/α-hetero) is 3. The van der Waals surface area contributed by atoms with Gasteiger partial charge in [-0.25, -0.2) is 4.57 Å². The van der Waals surface area contributed by atoms with E-state index in [-0.39, 0.29) is 17.3 Å². The molecule has 0 radical (unpaired) electrons. The Balaban J connectivity index is 0.000000212. The largest absolute Gasteiger partial charge is 0.497 e. The Morgan fingerprint density at radius 2 is 0.768 bits per heavy atom. The van der Waals surface area contributed by atoms with Gasteiger partial charge in [0.05, 0.1) is 61.0 Å². The van der Waals surface area contributed by atoms with E-state index in [1.165, 1.54) is 0 Å². The van der Waals surface area contributed by atoms with E-state index in [9.17, 15) is 14.4 Å². The lowest BCUT2D eigenvalue weighted by Crippen LogP contribution is -2.28. The van der Waals surface area contributed by atoms with Gasteiger partial charge in [-0.3, -0.25) is 14.4 Å². The van der Waals surface area contributed by atoms with E-state index in [2.05, 4.69) is 0 Å². The van der Waals surface area contributed by atoms with Crippen molar-refractivity contribution in [1.82, 2.24) is 29.4 Å². The summed E-state index contributed by atoms with van der Waals surface area (Å²) in [5.41, 5.74) is 2.06. The van der Waals surface area contributed by atoms with Crippen molar-refractivity contribution in [1.29, 1.82) is 0 Å². The Morgan fingerprint density at radius 3 is 0.964 bits per heavy atom. The first-order valence-corrected chi connectivity index (χ1v) is 18.8. The van der Waals surface area contributed by atoms with E-state index in [0.29, 0.717) is 53.6 Å². The molecule has 0 saturated carbocycles. The second kappa shape index (κ2) is 21.9. The third-order valence-corrected chi connectivity index (χ3v) is 8.03. The highest BCUT2D eigenvalue weighted by Crippen LogP contribution is 2.26. The number of ether oxygens (including phenoxy) is 3. The summed E-state index contributed by atoms with van der Waals surface area (Å²) in [7, 11) is 6.09. The molecule has 302 valence electrons. The van der Waals surface area contributed by atoms with Crippen LogP contribution in [0.5, 0.6) is 17.2 Å². The molecule has 0 amide bonds. The Bertz CT molecular complexity index is 1690. The third kappa shape index (κ3) is 16.3. The summed E-state index contributed by atoms with van der Waals surface area (Å²) in [4.78, 5) is 69.6. The SMILES string of the molecule is COc1cccc(C(=O)CN2C=CN(C)C2)c1.COc1cccc(C(=O)CN2C=CN(C)C2)c1.COc1cccc(C(=O)CN2C=CN(C)C2)c1.O=P(O)(O)O. The topological polar surface area (TPSA) is 176 Å². The van der Waals surface area contributed by atoms with Crippen LogP contribution in [0.4, 0.5) is 0 Å². The molecule has 16 nitrogen and oxygen atoms in total. The highest BCUT2D eigenvalue weighted by Gasteiger charge is 2.17. The summed E-state index contributed by atoms with van der Waals surface area (Å²) in [6.07, 6.45) is 11.7. The number of hydrogen-bond donors (Lipinski definition) is 3. The first-order valence-electron chi connectivity index (χ1n) is 17.2. The molecular weight excluding hydrogens is 743 g/mol. The van der Waals surface area contributed by atoms with Crippen LogP contribution < -0.4 is 14.2 Å². The fourth-order valence-corrected chi connectivity index (χ4v) is 5.29. The zero-order chi connectivity index (χ0) is 41.3. The van der Waals surface area contributed by atoms with Gasteiger partial charge >= 0.3 is 7.82 Å². The van der Waals surface area contributed by atoms with Crippen LogP contribution in [0.2, 0.25) is 0 Å². The van der Waals surface area contributed by atoms with Crippen molar-refractivity contribution in [2.45, 2.75) is 0 Å². The molecule has 17 heteroatoms. The fraction of sp³-hybridized carbons (Fsp3) is 0.308. The standard InChI is InChI=1S/3C13H16N2O2.H3O4P/c3*1-14-6-7-15(10-14)9-13(16)11-4-3-5-12(8-11)17-2;1-5(2,3)4/h3*3-8H,9-10H2,1-2H3;(H3,1,2,3,4). The summed E-state index contributed by atoms with van der Waals surface area (Å²) in [6, 6.07) is 21.7. The molecule has 0 spiro atoms. The summed E-state index contributed by atoms with van der Waals surface area (Å²) in [5.74, 6) is 2.44. The van der Waals surface area contributed by atoms with E-state index in [4.69, 9.17) is 33.5 Å². The lowest BCUT2D eigenvalue weighted by molar-refractivity contribution is 0.0940. The summed E-state index contributed by atoms with van der Waals surface area (Å²) in [5, 5.41) is 0. The first kappa shape index (κ1) is 44.6. The molecule has 0 atom stereocenters. The van der Waals surface area contributed by atoms with Crippen molar-refractivity contribution in [3.8, 4) is 17.2 Å². The first-order chi connectivity index (χ1) is 26.6. The maximum absolute atomic E-state index is 12.0. The van der Waals surface area contributed by atoms with Crippen molar-refractivity contribution in [2.75, 3.05) is 82.1 Å². The Labute approximate surface area is 327 Å². The monoisotopic (exact) mass is 794 g/mol. The fourth-order valence-electron chi connectivity index (χ4n) is 5.29. The van der Waals surface area contributed by atoms with Crippen molar-refractivity contribution < 1.29 is 47.8 Å². The average molecular weight is 795 g/mol. The number of methoxy groups -OCH3 is 3. The van der Waals surface area contributed by atoms with Gasteiger partial charge in [0.15, 0.2) is 17.3 Å². The number of rotatable bonds is 12. The highest BCUT2D eigenvalue weighted by molar-refractivity contribution is 7.45. The van der Waals surface area contributed by atoms with Crippen molar-refractivity contribution in [3.63, 3.8) is 0 Å². The zero-order valence-corrected chi connectivity index (χ0v) is 33.4. The molecule has 3 aromatic carbocycles. The molecular formula is C39H51N6O10P. The van der Waals surface area contributed by atoms with Crippen molar-refractivity contribution in [2.24, 2.45) is 0 Å². The Hall–Kier alpha value is -5.80. The summed E-state index contributed by atoms with van der Waals surface area (Å²) in [6.45, 7) is 3.47. The van der Waals surface area contributed by atoms with Gasteiger partial charge in [0.25, 0.3) is 0 Å². The molecule has 0 aliphatic carbocycles. The van der Waals surface area contributed by atoms with Gasteiger partial charge in [-0.05, 0) is 36.4 Å². The predicted octanol–water partition coefficient (Wildman–Crippen LogP) is 3.73. The van der Waals surface area contributed by atoms with Gasteiger partial charge < -0.3 is 58.3 Å². The number of benzene rings is 3. The second-order valence-electron chi connectivity index (χ2n) is 12.8. The van der Waals surface area contributed by atoms with Gasteiger partial charge in [-0.15, -0.1) is 0 Å². The van der Waals surface area contributed by atoms with Gasteiger partial charge in [0, 0.05) is 75.0 Å². The highest BCUT2D eigenvalue weighted by atomic mass is 31.2. The van der Waals surface area contributed by atoms with Gasteiger partial charge in [-0.2, -0.15) is 0 Å². The number of hydrogen-bond acceptors (Lipinski definition) is 13. The van der Waals surface area contributed by atoms with Crippen LogP contribution in [0, 0.1) is 0 Å². The van der Waals surface area contributed by atoms with Crippen LogP contribution in [0.3, 0.4) is 0 Å². The number of phosphoric acid groups is 1. The molecule has 3 aliphatic heterocycles. The van der Waals surface area contributed by atoms with E-state index in [1.807, 2.05) is 142 Å². The van der Waals surface area contributed by atoms with Gasteiger partial charge in [0.1, 0.15) is 17.2 Å². The van der Waals surface area contributed by atoms with Crippen LogP contribution in [0.15, 0.2) is 110 Å². The number of ketones is 3. The molecule has 0 fully saturated rings. The predicted molar refractivity (Wildman–Crippen MR) is 212 cm³/mol. The molecule has 0 bridgehead atoms. The summed E-state index contributed by atoms with van der Waals surface area (Å²) >= 11 is 0. The Morgan fingerprint density at radius 1 is 0.518 bits per heavy atom. The van der Waals surface area contributed by atoms with E-state index in [0.717, 1.165) is 20.0 Å². The molecule has 56 heavy (non-hydrogen) atoms. The molecule has 0 saturated heterocycles. The molecule has 3 aromatic rings.